The topological polar surface area (TPSA) is 53.7 Å². The average molecular weight is 331 g/mol. The maximum Gasteiger partial charge on any atom is 0.168 e. The summed E-state index contributed by atoms with van der Waals surface area (Å²) >= 11 is 0. The van der Waals surface area contributed by atoms with Crippen molar-refractivity contribution in [3.8, 4) is 17.1 Å². The smallest absolute Gasteiger partial charge is 0.168 e. The number of nitrogens with one attached hydrogen (secondary N) is 2. The van der Waals surface area contributed by atoms with Crippen LogP contribution < -0.4 is 4.74 Å². The molecule has 0 bridgehead atoms. The van der Waals surface area contributed by atoms with Crippen LogP contribution in [-0.4, -0.2) is 22.1 Å². The lowest BCUT2D eigenvalue weighted by atomic mass is 10.1. The fourth-order valence-corrected chi connectivity index (χ4v) is 3.42. The molecule has 25 heavy (non-hydrogen) atoms. The standard InChI is InChI=1S/C20H14FN3O/c1-25-19-16-14(12-9-5-6-10-13(12)22-16)15(21)17-18(19)24-20(23-17)11-7-3-2-4-8-11/h2-10,22H,1H3,(H,23,24). The van der Waals surface area contributed by atoms with E-state index in [4.69, 9.17) is 4.74 Å². The number of fused-ring (bicyclic) bond motifs is 4. The van der Waals surface area contributed by atoms with Crippen LogP contribution in [0.25, 0.3) is 44.2 Å². The number of benzene rings is 3. The molecule has 0 aliphatic rings. The molecule has 3 aromatic carbocycles. The lowest BCUT2D eigenvalue weighted by Crippen LogP contribution is -1.90. The number of nitrogens with zero attached hydrogens (tertiary/aromatic N) is 1. The fourth-order valence-electron chi connectivity index (χ4n) is 3.42. The van der Waals surface area contributed by atoms with Gasteiger partial charge in [-0.1, -0.05) is 48.5 Å². The van der Waals surface area contributed by atoms with E-state index in [1.807, 2.05) is 54.6 Å². The Hall–Kier alpha value is -3.34. The molecule has 0 spiro atoms. The Morgan fingerprint density at radius 3 is 2.48 bits per heavy atom. The third kappa shape index (κ3) is 1.89. The molecule has 0 saturated carbocycles. The molecule has 5 aromatic rings. The Morgan fingerprint density at radius 1 is 0.920 bits per heavy atom. The predicted octanol–water partition coefficient (Wildman–Crippen LogP) is 5.01. The molecule has 0 radical (unpaired) electrons. The van der Waals surface area contributed by atoms with Crippen molar-refractivity contribution in [3.05, 3.63) is 60.4 Å². The van der Waals surface area contributed by atoms with E-state index in [0.29, 0.717) is 28.0 Å². The van der Waals surface area contributed by atoms with Crippen LogP contribution in [-0.2, 0) is 0 Å². The minimum Gasteiger partial charge on any atom is -0.492 e. The fraction of sp³-hybridized carbons (Fsp3) is 0.0500. The molecule has 2 aromatic heterocycles. The summed E-state index contributed by atoms with van der Waals surface area (Å²) < 4.78 is 20.9. The summed E-state index contributed by atoms with van der Waals surface area (Å²) in [6, 6.07) is 17.3. The van der Waals surface area contributed by atoms with Gasteiger partial charge in [-0.15, -0.1) is 0 Å². The highest BCUT2D eigenvalue weighted by Crippen LogP contribution is 2.40. The van der Waals surface area contributed by atoms with Crippen molar-refractivity contribution < 1.29 is 9.13 Å². The van der Waals surface area contributed by atoms with Crippen LogP contribution in [0.3, 0.4) is 0 Å². The second-order valence-electron chi connectivity index (χ2n) is 5.94. The van der Waals surface area contributed by atoms with E-state index >= 15 is 4.39 Å². The summed E-state index contributed by atoms with van der Waals surface area (Å²) in [5.74, 6) is 0.837. The Labute approximate surface area is 142 Å². The van der Waals surface area contributed by atoms with Gasteiger partial charge < -0.3 is 14.7 Å². The van der Waals surface area contributed by atoms with Gasteiger partial charge in [0, 0.05) is 21.9 Å². The highest BCUT2D eigenvalue weighted by atomic mass is 19.1. The van der Waals surface area contributed by atoms with E-state index < -0.39 is 0 Å². The second-order valence-corrected chi connectivity index (χ2v) is 5.94. The largest absolute Gasteiger partial charge is 0.492 e. The normalized spacial score (nSPS) is 11.6. The van der Waals surface area contributed by atoms with E-state index in [1.54, 1.807) is 7.11 Å². The number of rotatable bonds is 2. The van der Waals surface area contributed by atoms with Gasteiger partial charge in [0.05, 0.1) is 12.6 Å². The number of methoxy groups -OCH3 is 1. The molecule has 4 nitrogen and oxygen atoms in total. The zero-order valence-electron chi connectivity index (χ0n) is 13.4. The summed E-state index contributed by atoms with van der Waals surface area (Å²) in [6.45, 7) is 0. The van der Waals surface area contributed by atoms with Crippen molar-refractivity contribution in [2.45, 2.75) is 0 Å². The van der Waals surface area contributed by atoms with E-state index in [9.17, 15) is 0 Å². The van der Waals surface area contributed by atoms with E-state index in [-0.39, 0.29) is 11.3 Å². The maximum atomic E-state index is 15.3. The SMILES string of the molecule is COc1c2[nH]c(-c3ccccc3)nc2c(F)c2c1[nH]c1ccccc12. The van der Waals surface area contributed by atoms with Crippen LogP contribution in [0.1, 0.15) is 0 Å². The van der Waals surface area contributed by atoms with E-state index in [0.717, 1.165) is 16.5 Å². The van der Waals surface area contributed by atoms with Crippen LogP contribution in [0.4, 0.5) is 4.39 Å². The summed E-state index contributed by atoms with van der Waals surface area (Å²) in [7, 11) is 1.58. The van der Waals surface area contributed by atoms with Crippen LogP contribution in [0.2, 0.25) is 0 Å². The number of hydrogen-bond acceptors (Lipinski definition) is 2. The molecule has 2 heterocycles. The van der Waals surface area contributed by atoms with Crippen LogP contribution >= 0.6 is 0 Å². The quantitative estimate of drug-likeness (QED) is 0.477. The van der Waals surface area contributed by atoms with Crippen molar-refractivity contribution in [2.75, 3.05) is 7.11 Å². The molecule has 0 aliphatic heterocycles. The zero-order chi connectivity index (χ0) is 17.0. The number of H-pyrrole nitrogens is 2. The molecule has 5 rings (SSSR count). The highest BCUT2D eigenvalue weighted by Gasteiger charge is 2.22. The van der Waals surface area contributed by atoms with Gasteiger partial charge >= 0.3 is 0 Å². The molecule has 0 atom stereocenters. The number of imidazole rings is 1. The number of aromatic nitrogens is 3. The molecular weight excluding hydrogens is 317 g/mol. The number of aromatic amines is 2. The Bertz CT molecular complexity index is 1240. The lowest BCUT2D eigenvalue weighted by molar-refractivity contribution is 0.422. The molecule has 0 fully saturated rings. The molecule has 0 amide bonds. The predicted molar refractivity (Wildman–Crippen MR) is 97.4 cm³/mol. The third-order valence-corrected chi connectivity index (χ3v) is 4.54. The minimum atomic E-state index is -0.346. The van der Waals surface area contributed by atoms with Crippen molar-refractivity contribution >= 4 is 32.8 Å². The first-order chi connectivity index (χ1) is 12.3. The van der Waals surface area contributed by atoms with Crippen LogP contribution in [0.5, 0.6) is 5.75 Å². The lowest BCUT2D eigenvalue weighted by Gasteiger charge is -2.04. The first-order valence-electron chi connectivity index (χ1n) is 7.99. The highest BCUT2D eigenvalue weighted by molar-refractivity contribution is 6.15. The first kappa shape index (κ1) is 14.0. The van der Waals surface area contributed by atoms with Gasteiger partial charge in [-0.25, -0.2) is 9.37 Å². The number of ether oxygens (including phenoxy) is 1. The van der Waals surface area contributed by atoms with Gasteiger partial charge in [-0.2, -0.15) is 0 Å². The first-order valence-corrected chi connectivity index (χ1v) is 7.99. The summed E-state index contributed by atoms with van der Waals surface area (Å²) in [5.41, 5.74) is 3.24. The number of hydrogen-bond donors (Lipinski definition) is 2. The molecule has 2 N–H and O–H groups in total. The van der Waals surface area contributed by atoms with Gasteiger partial charge in [0.1, 0.15) is 16.9 Å². The summed E-state index contributed by atoms with van der Waals surface area (Å²) in [4.78, 5) is 11.0. The van der Waals surface area contributed by atoms with Crippen LogP contribution in [0, 0.1) is 5.82 Å². The van der Waals surface area contributed by atoms with E-state index in [2.05, 4.69) is 15.0 Å². The van der Waals surface area contributed by atoms with Crippen LogP contribution in [0.15, 0.2) is 54.6 Å². The monoisotopic (exact) mass is 331 g/mol. The third-order valence-electron chi connectivity index (χ3n) is 4.54. The molecule has 0 aliphatic carbocycles. The zero-order valence-corrected chi connectivity index (χ0v) is 13.4. The average Bonchev–Trinajstić information content (AvgIpc) is 3.25. The van der Waals surface area contributed by atoms with Gasteiger partial charge in [0.15, 0.2) is 11.6 Å². The molecular formula is C20H14FN3O. The minimum absolute atomic E-state index is 0.285. The molecule has 0 unspecified atom stereocenters. The van der Waals surface area contributed by atoms with Gasteiger partial charge in [-0.3, -0.25) is 0 Å². The van der Waals surface area contributed by atoms with Crippen molar-refractivity contribution in [3.63, 3.8) is 0 Å². The number of para-hydroxylation sites is 1. The van der Waals surface area contributed by atoms with Crippen molar-refractivity contribution in [1.82, 2.24) is 15.0 Å². The van der Waals surface area contributed by atoms with Gasteiger partial charge in [-0.05, 0) is 6.07 Å². The summed E-state index contributed by atoms with van der Waals surface area (Å²) in [5, 5.41) is 1.32. The van der Waals surface area contributed by atoms with E-state index in [1.165, 1.54) is 0 Å². The molecule has 5 heteroatoms. The molecule has 122 valence electrons. The molecule has 0 saturated heterocycles. The van der Waals surface area contributed by atoms with Crippen molar-refractivity contribution in [2.24, 2.45) is 0 Å². The second kappa shape index (κ2) is 5.08. The van der Waals surface area contributed by atoms with Gasteiger partial charge in [0.25, 0.3) is 0 Å². The Morgan fingerprint density at radius 2 is 1.68 bits per heavy atom. The Kier molecular flexibility index (Phi) is 2.85. The van der Waals surface area contributed by atoms with Gasteiger partial charge in [0.2, 0.25) is 0 Å². The summed E-state index contributed by atoms with van der Waals surface area (Å²) in [6.07, 6.45) is 0. The van der Waals surface area contributed by atoms with Crippen molar-refractivity contribution in [1.29, 1.82) is 0 Å². The maximum absolute atomic E-state index is 15.3. The number of halogens is 1. The Balaban J connectivity index is 1.93.